The highest BCUT2D eigenvalue weighted by Gasteiger charge is 2.08. The minimum atomic E-state index is -0.325. The van der Waals surface area contributed by atoms with E-state index in [2.05, 4.69) is 4.98 Å². The number of hydrogen-bond donors (Lipinski definition) is 0. The number of pyridine rings is 1. The van der Waals surface area contributed by atoms with Gasteiger partial charge in [0.25, 0.3) is 0 Å². The van der Waals surface area contributed by atoms with Crippen LogP contribution in [0, 0.1) is 0 Å². The number of hydrogen-bond acceptors (Lipinski definition) is 3. The van der Waals surface area contributed by atoms with Crippen LogP contribution in [-0.4, -0.2) is 11.0 Å². The monoisotopic (exact) mass is 289 g/mol. The maximum Gasteiger partial charge on any atom is 0.308 e. The van der Waals surface area contributed by atoms with E-state index in [1.54, 1.807) is 12.4 Å². The Bertz CT molecular complexity index is 838. The molecule has 0 aliphatic carbocycles. The lowest BCUT2D eigenvalue weighted by Crippen LogP contribution is -2.02. The van der Waals surface area contributed by atoms with Crippen molar-refractivity contribution in [2.24, 2.45) is 0 Å². The molecule has 0 unspecified atom stereocenters. The number of benzene rings is 2. The normalized spacial score (nSPS) is 11.0. The molecule has 0 amide bonds. The molecule has 3 heteroatoms. The summed E-state index contributed by atoms with van der Waals surface area (Å²) in [6, 6.07) is 15.7. The van der Waals surface area contributed by atoms with Crippen LogP contribution in [0.1, 0.15) is 18.1 Å². The van der Waals surface area contributed by atoms with Crippen molar-refractivity contribution < 1.29 is 9.53 Å². The number of aromatic nitrogens is 1. The van der Waals surface area contributed by atoms with Gasteiger partial charge in [0.2, 0.25) is 0 Å². The van der Waals surface area contributed by atoms with Gasteiger partial charge < -0.3 is 4.74 Å². The number of nitrogens with zero attached hydrogens (tertiary/aromatic N) is 1. The second-order valence-corrected chi connectivity index (χ2v) is 4.91. The molecule has 3 aromatic rings. The lowest BCUT2D eigenvalue weighted by Gasteiger charge is -2.09. The van der Waals surface area contributed by atoms with Crippen molar-refractivity contribution >= 4 is 28.9 Å². The molecule has 1 aromatic heterocycles. The van der Waals surface area contributed by atoms with Crippen LogP contribution >= 0.6 is 0 Å². The van der Waals surface area contributed by atoms with Crippen LogP contribution in [0.4, 0.5) is 0 Å². The molecule has 0 bridgehead atoms. The zero-order chi connectivity index (χ0) is 15.4. The predicted octanol–water partition coefficient (Wildman–Crippen LogP) is 4.33. The Hall–Kier alpha value is -2.94. The van der Waals surface area contributed by atoms with E-state index < -0.39 is 0 Å². The molecule has 0 spiro atoms. The third-order valence-electron chi connectivity index (χ3n) is 3.33. The summed E-state index contributed by atoms with van der Waals surface area (Å²) in [6.45, 7) is 1.41. The number of fused-ring (bicyclic) bond motifs is 1. The molecule has 0 radical (unpaired) electrons. The number of ether oxygens (including phenoxy) is 1. The molecule has 0 saturated carbocycles. The largest absolute Gasteiger partial charge is 0.426 e. The van der Waals surface area contributed by atoms with E-state index in [-0.39, 0.29) is 5.97 Å². The van der Waals surface area contributed by atoms with Gasteiger partial charge in [-0.15, -0.1) is 0 Å². The Morgan fingerprint density at radius 1 is 1.00 bits per heavy atom. The molecule has 1 heterocycles. The fraction of sp³-hybridized carbons (Fsp3) is 0.0526. The van der Waals surface area contributed by atoms with Crippen LogP contribution in [-0.2, 0) is 4.79 Å². The van der Waals surface area contributed by atoms with E-state index in [4.69, 9.17) is 4.74 Å². The van der Waals surface area contributed by atoms with Crippen LogP contribution in [0.3, 0.4) is 0 Å². The average molecular weight is 289 g/mol. The molecule has 3 rings (SSSR count). The topological polar surface area (TPSA) is 39.2 Å². The fourth-order valence-corrected chi connectivity index (χ4v) is 2.35. The van der Waals surface area contributed by atoms with Crippen molar-refractivity contribution in [3.63, 3.8) is 0 Å². The zero-order valence-electron chi connectivity index (χ0n) is 12.2. The molecule has 3 nitrogen and oxygen atoms in total. The lowest BCUT2D eigenvalue weighted by molar-refractivity contribution is -0.131. The van der Waals surface area contributed by atoms with E-state index in [9.17, 15) is 4.79 Å². The Balaban J connectivity index is 2.11. The Morgan fingerprint density at radius 3 is 2.55 bits per heavy atom. The molecule has 0 N–H and O–H groups in total. The fourth-order valence-electron chi connectivity index (χ4n) is 2.35. The smallest absolute Gasteiger partial charge is 0.308 e. The van der Waals surface area contributed by atoms with E-state index >= 15 is 0 Å². The van der Waals surface area contributed by atoms with Gasteiger partial charge in [-0.25, -0.2) is 0 Å². The predicted molar refractivity (Wildman–Crippen MR) is 88.4 cm³/mol. The number of rotatable bonds is 3. The molecular formula is C19H15NO2. The summed E-state index contributed by atoms with van der Waals surface area (Å²) in [7, 11) is 0. The van der Waals surface area contributed by atoms with Crippen molar-refractivity contribution in [1.82, 2.24) is 4.98 Å². The Labute approximate surface area is 128 Å². The first-order valence-corrected chi connectivity index (χ1v) is 7.02. The first-order chi connectivity index (χ1) is 10.7. The Kier molecular flexibility index (Phi) is 3.97. The quantitative estimate of drug-likeness (QED) is 0.532. The SMILES string of the molecule is CC(=O)Oc1ccc2ccccc2c1C=Cc1ccncc1. The first-order valence-electron chi connectivity index (χ1n) is 7.02. The second kappa shape index (κ2) is 6.22. The summed E-state index contributed by atoms with van der Waals surface area (Å²) in [6.07, 6.45) is 7.44. The molecule has 108 valence electrons. The van der Waals surface area contributed by atoms with Crippen molar-refractivity contribution in [3.8, 4) is 5.75 Å². The summed E-state index contributed by atoms with van der Waals surface area (Å²) in [5, 5.41) is 2.15. The molecule has 0 atom stereocenters. The number of carbonyl (C=O) groups excluding carboxylic acids is 1. The highest BCUT2D eigenvalue weighted by atomic mass is 16.5. The summed E-state index contributed by atoms with van der Waals surface area (Å²) in [5.41, 5.74) is 1.93. The highest BCUT2D eigenvalue weighted by molar-refractivity contribution is 5.96. The van der Waals surface area contributed by atoms with Gasteiger partial charge in [-0.3, -0.25) is 9.78 Å². The van der Waals surface area contributed by atoms with Gasteiger partial charge in [0.05, 0.1) is 0 Å². The summed E-state index contributed by atoms with van der Waals surface area (Å²) in [4.78, 5) is 15.3. The third kappa shape index (κ3) is 3.04. The van der Waals surface area contributed by atoms with Crippen LogP contribution in [0.25, 0.3) is 22.9 Å². The van der Waals surface area contributed by atoms with Crippen molar-refractivity contribution in [2.75, 3.05) is 0 Å². The van der Waals surface area contributed by atoms with Crippen molar-refractivity contribution in [1.29, 1.82) is 0 Å². The maximum atomic E-state index is 11.3. The summed E-state index contributed by atoms with van der Waals surface area (Å²) in [5.74, 6) is 0.241. The van der Waals surface area contributed by atoms with Crippen LogP contribution in [0.5, 0.6) is 5.75 Å². The molecule has 0 aliphatic rings. The minimum absolute atomic E-state index is 0.325. The summed E-state index contributed by atoms with van der Waals surface area (Å²) < 4.78 is 5.34. The van der Waals surface area contributed by atoms with E-state index in [0.29, 0.717) is 5.75 Å². The van der Waals surface area contributed by atoms with Crippen LogP contribution in [0.15, 0.2) is 60.9 Å². The van der Waals surface area contributed by atoms with Gasteiger partial charge in [0.1, 0.15) is 5.75 Å². The molecule has 2 aromatic carbocycles. The molecule has 0 aliphatic heterocycles. The molecular weight excluding hydrogens is 274 g/mol. The second-order valence-electron chi connectivity index (χ2n) is 4.91. The van der Waals surface area contributed by atoms with Crippen molar-refractivity contribution in [3.05, 3.63) is 72.1 Å². The van der Waals surface area contributed by atoms with Gasteiger partial charge in [0.15, 0.2) is 0 Å². The Morgan fingerprint density at radius 2 is 1.77 bits per heavy atom. The van der Waals surface area contributed by atoms with E-state index in [1.807, 2.05) is 60.7 Å². The first kappa shape index (κ1) is 14.0. The average Bonchev–Trinajstić information content (AvgIpc) is 2.54. The molecule has 0 fully saturated rings. The van der Waals surface area contributed by atoms with Crippen molar-refractivity contribution in [2.45, 2.75) is 6.92 Å². The highest BCUT2D eigenvalue weighted by Crippen LogP contribution is 2.30. The van der Waals surface area contributed by atoms with Gasteiger partial charge in [-0.2, -0.15) is 0 Å². The van der Waals surface area contributed by atoms with Gasteiger partial charge in [0, 0.05) is 24.9 Å². The lowest BCUT2D eigenvalue weighted by atomic mass is 10.0. The maximum absolute atomic E-state index is 11.3. The van der Waals surface area contributed by atoms with Crippen LogP contribution < -0.4 is 4.74 Å². The molecule has 0 saturated heterocycles. The zero-order valence-corrected chi connectivity index (χ0v) is 12.2. The minimum Gasteiger partial charge on any atom is -0.426 e. The standard InChI is InChI=1S/C19H15NO2/c1-14(21)22-19-9-7-16-4-2-3-5-17(16)18(19)8-6-15-10-12-20-13-11-15/h2-13H,1H3. The van der Waals surface area contributed by atoms with E-state index in [0.717, 1.165) is 21.9 Å². The summed E-state index contributed by atoms with van der Waals surface area (Å²) >= 11 is 0. The van der Waals surface area contributed by atoms with Gasteiger partial charge in [-0.1, -0.05) is 42.5 Å². The number of esters is 1. The third-order valence-corrected chi connectivity index (χ3v) is 3.33. The van der Waals surface area contributed by atoms with E-state index in [1.165, 1.54) is 6.92 Å². The van der Waals surface area contributed by atoms with Gasteiger partial charge in [-0.05, 0) is 34.5 Å². The van der Waals surface area contributed by atoms with Gasteiger partial charge >= 0.3 is 5.97 Å². The number of carbonyl (C=O) groups is 1. The molecule has 22 heavy (non-hydrogen) atoms. The van der Waals surface area contributed by atoms with Crippen LogP contribution in [0.2, 0.25) is 0 Å².